The molecule has 0 saturated heterocycles. The minimum Gasteiger partial charge on any atom is -0.385 e. The average molecular weight is 325 g/mol. The van der Waals surface area contributed by atoms with Crippen molar-refractivity contribution < 1.29 is 4.74 Å². The summed E-state index contributed by atoms with van der Waals surface area (Å²) < 4.78 is 5.27. The first-order valence-electron chi connectivity index (χ1n) is 9.29. The molecule has 0 atom stereocenters. The number of hydrogen-bond acceptors (Lipinski definition) is 3. The van der Waals surface area contributed by atoms with Crippen molar-refractivity contribution in [3.05, 3.63) is 0 Å². The number of rotatable bonds is 10. The predicted molar refractivity (Wildman–Crippen MR) is 97.0 cm³/mol. The van der Waals surface area contributed by atoms with Crippen LogP contribution in [0.25, 0.3) is 0 Å². The molecule has 0 aromatic heterocycles. The van der Waals surface area contributed by atoms with Gasteiger partial charge in [-0.1, -0.05) is 6.42 Å². The van der Waals surface area contributed by atoms with Gasteiger partial charge >= 0.3 is 0 Å². The number of hydrogen-bond donors (Lipinski definition) is 2. The van der Waals surface area contributed by atoms with E-state index in [0.29, 0.717) is 11.5 Å². The SMILES string of the molecule is CN=C(NCCN(C(C)C)C1CC1)NCC1(CCOC)CCC1. The normalized spacial score (nSPS) is 20.7. The van der Waals surface area contributed by atoms with Gasteiger partial charge in [0.2, 0.25) is 0 Å². The van der Waals surface area contributed by atoms with Crippen molar-refractivity contribution in [3.8, 4) is 0 Å². The second-order valence-corrected chi connectivity index (χ2v) is 7.51. The molecule has 134 valence electrons. The van der Waals surface area contributed by atoms with Gasteiger partial charge in [-0.25, -0.2) is 0 Å². The van der Waals surface area contributed by atoms with E-state index in [1.54, 1.807) is 7.11 Å². The van der Waals surface area contributed by atoms with Crippen LogP contribution in [-0.2, 0) is 4.74 Å². The molecule has 5 nitrogen and oxygen atoms in total. The molecule has 5 heteroatoms. The highest BCUT2D eigenvalue weighted by Crippen LogP contribution is 2.43. The third-order valence-electron chi connectivity index (χ3n) is 5.45. The largest absolute Gasteiger partial charge is 0.385 e. The Kier molecular flexibility index (Phi) is 7.15. The average Bonchev–Trinajstić information content (AvgIpc) is 3.32. The summed E-state index contributed by atoms with van der Waals surface area (Å²) in [5, 5.41) is 7.01. The Morgan fingerprint density at radius 3 is 2.52 bits per heavy atom. The highest BCUT2D eigenvalue weighted by Gasteiger charge is 2.36. The van der Waals surface area contributed by atoms with Crippen LogP contribution >= 0.6 is 0 Å². The summed E-state index contributed by atoms with van der Waals surface area (Å²) in [4.78, 5) is 6.98. The molecule has 2 aliphatic carbocycles. The van der Waals surface area contributed by atoms with Gasteiger partial charge in [0, 0.05) is 52.5 Å². The first kappa shape index (κ1) is 18.5. The van der Waals surface area contributed by atoms with Crippen molar-refractivity contribution in [2.45, 2.75) is 64.5 Å². The number of nitrogens with zero attached hydrogens (tertiary/aromatic N) is 2. The van der Waals surface area contributed by atoms with Crippen molar-refractivity contribution in [3.63, 3.8) is 0 Å². The van der Waals surface area contributed by atoms with E-state index in [-0.39, 0.29) is 0 Å². The van der Waals surface area contributed by atoms with Crippen LogP contribution < -0.4 is 10.6 Å². The molecule has 2 rings (SSSR count). The summed E-state index contributed by atoms with van der Waals surface area (Å²) in [6.45, 7) is 8.51. The third-order valence-corrected chi connectivity index (χ3v) is 5.45. The molecule has 0 aromatic carbocycles. The molecule has 0 unspecified atom stereocenters. The highest BCUT2D eigenvalue weighted by molar-refractivity contribution is 5.79. The van der Waals surface area contributed by atoms with Crippen molar-refractivity contribution in [1.29, 1.82) is 0 Å². The molecule has 23 heavy (non-hydrogen) atoms. The lowest BCUT2D eigenvalue weighted by Gasteiger charge is -2.42. The van der Waals surface area contributed by atoms with Crippen LogP contribution in [0.5, 0.6) is 0 Å². The summed E-state index contributed by atoms with van der Waals surface area (Å²) in [6, 6.07) is 1.45. The zero-order valence-electron chi connectivity index (χ0n) is 15.5. The Hall–Kier alpha value is -0.810. The van der Waals surface area contributed by atoms with Crippen molar-refractivity contribution in [1.82, 2.24) is 15.5 Å². The maximum atomic E-state index is 5.27. The van der Waals surface area contributed by atoms with Gasteiger partial charge in [0.1, 0.15) is 0 Å². The van der Waals surface area contributed by atoms with Gasteiger partial charge in [0.25, 0.3) is 0 Å². The van der Waals surface area contributed by atoms with Crippen LogP contribution in [0.2, 0.25) is 0 Å². The number of aliphatic imine (C=N–C) groups is 1. The fraction of sp³-hybridized carbons (Fsp3) is 0.944. The molecule has 0 amide bonds. The van der Waals surface area contributed by atoms with Crippen molar-refractivity contribution in [2.75, 3.05) is 40.4 Å². The van der Waals surface area contributed by atoms with Gasteiger partial charge in [0.15, 0.2) is 5.96 Å². The van der Waals surface area contributed by atoms with Crippen LogP contribution in [0.15, 0.2) is 4.99 Å². The van der Waals surface area contributed by atoms with E-state index in [1.165, 1.54) is 32.1 Å². The molecule has 0 radical (unpaired) electrons. The zero-order chi connectivity index (χ0) is 16.7. The van der Waals surface area contributed by atoms with E-state index in [0.717, 1.165) is 44.7 Å². The van der Waals surface area contributed by atoms with Gasteiger partial charge in [0.05, 0.1) is 0 Å². The van der Waals surface area contributed by atoms with Crippen LogP contribution in [-0.4, -0.2) is 63.3 Å². The summed E-state index contributed by atoms with van der Waals surface area (Å²) in [7, 11) is 3.65. The van der Waals surface area contributed by atoms with E-state index in [4.69, 9.17) is 4.74 Å². The van der Waals surface area contributed by atoms with E-state index in [9.17, 15) is 0 Å². The second-order valence-electron chi connectivity index (χ2n) is 7.51. The maximum Gasteiger partial charge on any atom is 0.191 e. The Bertz CT molecular complexity index is 373. The molecule has 2 saturated carbocycles. The molecular weight excluding hydrogens is 288 g/mol. The highest BCUT2D eigenvalue weighted by atomic mass is 16.5. The van der Waals surface area contributed by atoms with Crippen LogP contribution in [0.1, 0.15) is 52.4 Å². The van der Waals surface area contributed by atoms with Gasteiger partial charge in [-0.15, -0.1) is 0 Å². The summed E-state index contributed by atoms with van der Waals surface area (Å²) >= 11 is 0. The van der Waals surface area contributed by atoms with Crippen molar-refractivity contribution >= 4 is 5.96 Å². The van der Waals surface area contributed by atoms with E-state index >= 15 is 0 Å². The van der Waals surface area contributed by atoms with E-state index < -0.39 is 0 Å². The van der Waals surface area contributed by atoms with E-state index in [2.05, 4.69) is 34.4 Å². The molecule has 2 N–H and O–H groups in total. The standard InChI is InChI=1S/C18H36N4O/c1-15(2)22(16-6-7-16)12-11-20-17(19-3)21-14-18(8-5-9-18)10-13-23-4/h15-16H,5-14H2,1-4H3,(H2,19,20,21). The monoisotopic (exact) mass is 324 g/mol. The second kappa shape index (κ2) is 8.88. The zero-order valence-corrected chi connectivity index (χ0v) is 15.5. The number of methoxy groups -OCH3 is 1. The smallest absolute Gasteiger partial charge is 0.191 e. The quantitative estimate of drug-likeness (QED) is 0.478. The molecular formula is C18H36N4O. The molecule has 0 heterocycles. The van der Waals surface area contributed by atoms with Crippen molar-refractivity contribution in [2.24, 2.45) is 10.4 Å². The molecule has 2 aliphatic rings. The predicted octanol–water partition coefficient (Wildman–Crippen LogP) is 2.23. The minimum absolute atomic E-state index is 0.422. The summed E-state index contributed by atoms with van der Waals surface area (Å²) in [6.07, 6.45) is 7.85. The topological polar surface area (TPSA) is 48.9 Å². The Morgan fingerprint density at radius 1 is 1.30 bits per heavy atom. The maximum absolute atomic E-state index is 5.27. The third kappa shape index (κ3) is 5.64. The molecule has 0 aliphatic heterocycles. The lowest BCUT2D eigenvalue weighted by atomic mass is 9.67. The van der Waals surface area contributed by atoms with Gasteiger partial charge in [-0.2, -0.15) is 0 Å². The minimum atomic E-state index is 0.422. The summed E-state index contributed by atoms with van der Waals surface area (Å²) in [5.41, 5.74) is 0.422. The van der Waals surface area contributed by atoms with Gasteiger partial charge in [-0.3, -0.25) is 9.89 Å². The fourth-order valence-corrected chi connectivity index (χ4v) is 3.57. The Morgan fingerprint density at radius 2 is 2.04 bits per heavy atom. The Balaban J connectivity index is 1.68. The molecule has 0 aromatic rings. The van der Waals surface area contributed by atoms with Gasteiger partial charge < -0.3 is 15.4 Å². The van der Waals surface area contributed by atoms with E-state index in [1.807, 2.05) is 7.05 Å². The summed E-state index contributed by atoms with van der Waals surface area (Å²) in [5.74, 6) is 0.938. The van der Waals surface area contributed by atoms with Crippen LogP contribution in [0.3, 0.4) is 0 Å². The Labute approximate surface area is 142 Å². The number of guanidine groups is 1. The lowest BCUT2D eigenvalue weighted by Crippen LogP contribution is -2.48. The molecule has 0 spiro atoms. The fourth-order valence-electron chi connectivity index (χ4n) is 3.57. The van der Waals surface area contributed by atoms with Gasteiger partial charge in [-0.05, 0) is 51.4 Å². The van der Waals surface area contributed by atoms with Crippen LogP contribution in [0, 0.1) is 5.41 Å². The molecule has 0 bridgehead atoms. The lowest BCUT2D eigenvalue weighted by molar-refractivity contribution is 0.0732. The first-order valence-corrected chi connectivity index (χ1v) is 9.29. The van der Waals surface area contributed by atoms with Crippen LogP contribution in [0.4, 0.5) is 0 Å². The number of ether oxygens (including phenoxy) is 1. The number of nitrogens with one attached hydrogen (secondary N) is 2. The molecule has 2 fully saturated rings. The first-order chi connectivity index (χ1) is 11.1.